The van der Waals surface area contributed by atoms with Crippen LogP contribution in [0.15, 0.2) is 0 Å². The number of rotatable bonds is 3. The van der Waals surface area contributed by atoms with E-state index < -0.39 is 17.7 Å². The summed E-state index contributed by atoms with van der Waals surface area (Å²) in [5.74, 6) is -0.788. The van der Waals surface area contributed by atoms with Crippen molar-refractivity contribution in [2.24, 2.45) is 5.92 Å². The molecule has 0 aromatic heterocycles. The van der Waals surface area contributed by atoms with Crippen molar-refractivity contribution in [1.82, 2.24) is 9.80 Å². The third-order valence-corrected chi connectivity index (χ3v) is 4.05. The van der Waals surface area contributed by atoms with Crippen LogP contribution in [-0.2, 0) is 9.53 Å². The van der Waals surface area contributed by atoms with Crippen LogP contribution in [0, 0.1) is 5.92 Å². The molecule has 2 heterocycles. The van der Waals surface area contributed by atoms with Crippen LogP contribution < -0.4 is 0 Å². The second-order valence-corrected chi connectivity index (χ2v) is 6.05. The molecule has 0 aliphatic carbocycles. The highest BCUT2D eigenvalue weighted by Gasteiger charge is 2.44. The number of hydrogen-bond acceptors (Lipinski definition) is 4. The van der Waals surface area contributed by atoms with E-state index in [1.165, 1.54) is 0 Å². The summed E-state index contributed by atoms with van der Waals surface area (Å²) >= 11 is 0. The number of ether oxygens (including phenoxy) is 1. The van der Waals surface area contributed by atoms with Crippen LogP contribution in [0.1, 0.15) is 20.3 Å². The van der Waals surface area contributed by atoms with Crippen molar-refractivity contribution in [2.75, 3.05) is 32.8 Å². The van der Waals surface area contributed by atoms with Gasteiger partial charge in [0.2, 0.25) is 0 Å². The smallest absolute Gasteiger partial charge is 0.329 e. The molecule has 2 atom stereocenters. The number of nitrogens with zero attached hydrogens (tertiary/aromatic N) is 2. The first-order valence-corrected chi connectivity index (χ1v) is 6.88. The highest BCUT2D eigenvalue weighted by atomic mass is 16.5. The summed E-state index contributed by atoms with van der Waals surface area (Å²) in [6, 6.07) is -0.104. The fraction of sp³-hybridized carbons (Fsp3) is 0.846. The summed E-state index contributed by atoms with van der Waals surface area (Å²) in [6.07, 6.45) is 0.330. The molecule has 2 amide bonds. The highest BCUT2D eigenvalue weighted by Crippen LogP contribution is 2.27. The van der Waals surface area contributed by atoms with E-state index in [0.29, 0.717) is 26.2 Å². The molecular weight excluding hydrogens is 264 g/mol. The van der Waals surface area contributed by atoms with E-state index in [4.69, 9.17) is 9.84 Å². The Labute approximate surface area is 118 Å². The molecule has 2 fully saturated rings. The minimum Gasteiger partial charge on any atom is -0.480 e. The number of likely N-dealkylation sites (tertiary alicyclic amines) is 2. The SMILES string of the molecule is CC1CCN(C(=O)N2CC(C)(OCC(=O)O)C2)CC1O. The Kier molecular flexibility index (Phi) is 4.19. The van der Waals surface area contributed by atoms with Crippen molar-refractivity contribution in [3.05, 3.63) is 0 Å². The molecule has 0 saturated carbocycles. The van der Waals surface area contributed by atoms with Crippen LogP contribution in [-0.4, -0.2) is 76.5 Å². The molecule has 0 spiro atoms. The molecule has 20 heavy (non-hydrogen) atoms. The summed E-state index contributed by atoms with van der Waals surface area (Å²) in [4.78, 5) is 26.0. The van der Waals surface area contributed by atoms with Gasteiger partial charge in [-0.05, 0) is 19.3 Å². The maximum atomic E-state index is 12.2. The fourth-order valence-electron chi connectivity index (χ4n) is 2.65. The monoisotopic (exact) mass is 286 g/mol. The second-order valence-electron chi connectivity index (χ2n) is 6.05. The molecule has 0 aromatic rings. The molecule has 2 aliphatic heterocycles. The molecule has 114 valence electrons. The molecule has 2 aliphatic rings. The number of carbonyl (C=O) groups is 2. The van der Waals surface area contributed by atoms with Gasteiger partial charge in [0.25, 0.3) is 0 Å². The Morgan fingerprint density at radius 1 is 1.35 bits per heavy atom. The van der Waals surface area contributed by atoms with Crippen molar-refractivity contribution >= 4 is 12.0 Å². The van der Waals surface area contributed by atoms with Gasteiger partial charge in [-0.15, -0.1) is 0 Å². The lowest BCUT2D eigenvalue weighted by molar-refractivity contribution is -0.160. The van der Waals surface area contributed by atoms with Crippen LogP contribution in [0.25, 0.3) is 0 Å². The van der Waals surface area contributed by atoms with Crippen LogP contribution in [0.4, 0.5) is 4.79 Å². The maximum absolute atomic E-state index is 12.2. The van der Waals surface area contributed by atoms with Gasteiger partial charge in [0.1, 0.15) is 12.2 Å². The van der Waals surface area contributed by atoms with Crippen LogP contribution in [0.2, 0.25) is 0 Å². The van der Waals surface area contributed by atoms with Gasteiger partial charge in [-0.2, -0.15) is 0 Å². The molecule has 2 unspecified atom stereocenters. The first kappa shape index (κ1) is 15.1. The standard InChI is InChI=1S/C13H22N2O5/c1-9-3-4-14(5-10(9)16)12(19)15-7-13(2,8-15)20-6-11(17)18/h9-10,16H,3-8H2,1-2H3,(H,17,18). The summed E-state index contributed by atoms with van der Waals surface area (Å²) in [7, 11) is 0. The zero-order valence-electron chi connectivity index (χ0n) is 11.9. The Morgan fingerprint density at radius 2 is 2.00 bits per heavy atom. The Morgan fingerprint density at radius 3 is 2.55 bits per heavy atom. The average molecular weight is 286 g/mol. The number of carbonyl (C=O) groups excluding carboxylic acids is 1. The van der Waals surface area contributed by atoms with Crippen molar-refractivity contribution in [2.45, 2.75) is 32.0 Å². The number of carboxylic acid groups (broad SMARTS) is 1. The zero-order chi connectivity index (χ0) is 14.9. The molecule has 7 heteroatoms. The summed E-state index contributed by atoms with van der Waals surface area (Å²) < 4.78 is 5.27. The van der Waals surface area contributed by atoms with Gasteiger partial charge in [0.15, 0.2) is 0 Å². The largest absolute Gasteiger partial charge is 0.480 e. The fourth-order valence-corrected chi connectivity index (χ4v) is 2.65. The van der Waals surface area contributed by atoms with Gasteiger partial charge in [-0.3, -0.25) is 0 Å². The number of hydrogen-bond donors (Lipinski definition) is 2. The molecule has 0 aromatic carbocycles. The topological polar surface area (TPSA) is 90.3 Å². The van der Waals surface area contributed by atoms with E-state index in [1.807, 2.05) is 6.92 Å². The molecule has 2 rings (SSSR count). The minimum atomic E-state index is -1.01. The molecule has 7 nitrogen and oxygen atoms in total. The number of aliphatic carboxylic acids is 1. The summed E-state index contributed by atoms with van der Waals surface area (Å²) in [5, 5.41) is 18.4. The summed E-state index contributed by atoms with van der Waals surface area (Å²) in [6.45, 7) is 5.23. The van der Waals surface area contributed by atoms with E-state index in [9.17, 15) is 14.7 Å². The molecule has 0 radical (unpaired) electrons. The van der Waals surface area contributed by atoms with Gasteiger partial charge in [-0.25, -0.2) is 9.59 Å². The average Bonchev–Trinajstić information content (AvgIpc) is 2.35. The Hall–Kier alpha value is -1.34. The van der Waals surface area contributed by atoms with Gasteiger partial charge in [0, 0.05) is 13.1 Å². The van der Waals surface area contributed by atoms with Crippen LogP contribution in [0.3, 0.4) is 0 Å². The molecule has 2 N–H and O–H groups in total. The second kappa shape index (κ2) is 5.57. The van der Waals surface area contributed by atoms with Crippen molar-refractivity contribution in [3.8, 4) is 0 Å². The number of aliphatic hydroxyl groups is 1. The Bertz CT molecular complexity index is 394. The van der Waals surface area contributed by atoms with E-state index in [0.717, 1.165) is 6.42 Å². The first-order chi connectivity index (χ1) is 9.31. The third kappa shape index (κ3) is 3.21. The van der Waals surface area contributed by atoms with Crippen molar-refractivity contribution in [3.63, 3.8) is 0 Å². The lowest BCUT2D eigenvalue weighted by atomic mass is 9.94. The van der Waals surface area contributed by atoms with E-state index >= 15 is 0 Å². The first-order valence-electron chi connectivity index (χ1n) is 6.88. The van der Waals surface area contributed by atoms with Gasteiger partial charge < -0.3 is 24.7 Å². The predicted octanol–water partition coefficient (Wildman–Crippen LogP) is -0.0154. The number of aliphatic hydroxyl groups excluding tert-OH is 1. The van der Waals surface area contributed by atoms with E-state index in [1.54, 1.807) is 16.7 Å². The predicted molar refractivity (Wildman–Crippen MR) is 70.3 cm³/mol. The number of piperidine rings is 1. The third-order valence-electron chi connectivity index (χ3n) is 4.05. The number of β-amino-alcohol motifs (C(OH)–C–C–N with tert-alkyl or cyclic N) is 1. The lowest BCUT2D eigenvalue weighted by Gasteiger charge is -2.49. The molecular formula is C13H22N2O5. The van der Waals surface area contributed by atoms with Gasteiger partial charge in [0.05, 0.1) is 19.2 Å². The number of urea groups is 1. The van der Waals surface area contributed by atoms with Crippen molar-refractivity contribution in [1.29, 1.82) is 0 Å². The Balaban J connectivity index is 1.80. The van der Waals surface area contributed by atoms with E-state index in [-0.39, 0.29) is 18.6 Å². The van der Waals surface area contributed by atoms with Gasteiger partial charge in [-0.1, -0.05) is 6.92 Å². The normalized spacial score (nSPS) is 28.9. The minimum absolute atomic E-state index is 0.104. The lowest BCUT2D eigenvalue weighted by Crippen LogP contribution is -2.66. The summed E-state index contributed by atoms with van der Waals surface area (Å²) in [5.41, 5.74) is -0.574. The zero-order valence-corrected chi connectivity index (χ0v) is 11.9. The highest BCUT2D eigenvalue weighted by molar-refractivity contribution is 5.76. The van der Waals surface area contributed by atoms with E-state index in [2.05, 4.69) is 0 Å². The number of amides is 2. The maximum Gasteiger partial charge on any atom is 0.329 e. The molecule has 0 bridgehead atoms. The number of carboxylic acids is 1. The van der Waals surface area contributed by atoms with Crippen LogP contribution in [0.5, 0.6) is 0 Å². The van der Waals surface area contributed by atoms with Crippen LogP contribution >= 0.6 is 0 Å². The van der Waals surface area contributed by atoms with Gasteiger partial charge >= 0.3 is 12.0 Å². The van der Waals surface area contributed by atoms with Crippen molar-refractivity contribution < 1.29 is 24.5 Å². The quantitative estimate of drug-likeness (QED) is 0.761. The molecule has 2 saturated heterocycles.